The first-order valence-electron chi connectivity index (χ1n) is 8.85. The molecule has 4 nitrogen and oxygen atoms in total. The molecule has 0 amide bonds. The van der Waals surface area contributed by atoms with E-state index in [1.807, 2.05) is 6.92 Å². The summed E-state index contributed by atoms with van der Waals surface area (Å²) in [7, 11) is 0. The van der Waals surface area contributed by atoms with Crippen LogP contribution in [0.1, 0.15) is 47.6 Å². The Morgan fingerprint density at radius 2 is 1.77 bits per heavy atom. The van der Waals surface area contributed by atoms with E-state index in [-0.39, 0.29) is 5.56 Å². The molecule has 0 aromatic carbocycles. The predicted octanol–water partition coefficient (Wildman–Crippen LogP) is 4.47. The number of aryl methyl sites for hydroxylation is 3. The van der Waals surface area contributed by atoms with E-state index in [4.69, 9.17) is 5.73 Å². The third-order valence-electron chi connectivity index (χ3n) is 4.74. The molecule has 2 N–H and O–H groups in total. The van der Waals surface area contributed by atoms with Gasteiger partial charge in [0.2, 0.25) is 0 Å². The van der Waals surface area contributed by atoms with Gasteiger partial charge in [-0.2, -0.15) is 9.78 Å². The van der Waals surface area contributed by atoms with Crippen molar-refractivity contribution in [2.45, 2.75) is 40.5 Å². The second-order valence-corrected chi connectivity index (χ2v) is 7.24. The quantitative estimate of drug-likeness (QED) is 0.711. The van der Waals surface area contributed by atoms with Crippen molar-refractivity contribution in [3.63, 3.8) is 0 Å². The maximum absolute atomic E-state index is 12.2. The summed E-state index contributed by atoms with van der Waals surface area (Å²) in [6.07, 6.45) is 1.73. The van der Waals surface area contributed by atoms with Crippen molar-refractivity contribution >= 4 is 12.0 Å². The van der Waals surface area contributed by atoms with Gasteiger partial charge in [-0.25, -0.2) is 0 Å². The van der Waals surface area contributed by atoms with Crippen molar-refractivity contribution in [1.29, 1.82) is 0 Å². The number of nitrogens with two attached hydrogens (primary N) is 1. The highest BCUT2D eigenvalue weighted by molar-refractivity contribution is 5.95. The molecule has 3 rings (SSSR count). The average Bonchev–Trinajstić information content (AvgIpc) is 2.73. The smallest absolute Gasteiger partial charge is 0.273 e. The first-order chi connectivity index (χ1) is 12.3. The zero-order valence-electron chi connectivity index (χ0n) is 16.0. The molecule has 1 heterocycles. The number of anilines is 1. The number of pyridine rings is 1. The molecule has 0 unspecified atom stereocenters. The Labute approximate surface area is 154 Å². The van der Waals surface area contributed by atoms with Crippen molar-refractivity contribution in [3.05, 3.63) is 74.6 Å². The summed E-state index contributed by atoms with van der Waals surface area (Å²) in [4.78, 5) is 12.2. The highest BCUT2D eigenvalue weighted by Crippen LogP contribution is 2.35. The lowest BCUT2D eigenvalue weighted by Gasteiger charge is -2.05. The molecule has 1 aromatic rings. The van der Waals surface area contributed by atoms with Crippen molar-refractivity contribution in [1.82, 2.24) is 4.68 Å². The lowest BCUT2D eigenvalue weighted by Crippen LogP contribution is -2.19. The van der Waals surface area contributed by atoms with Gasteiger partial charge < -0.3 is 5.73 Å². The maximum Gasteiger partial charge on any atom is 0.273 e. The average molecular weight is 347 g/mol. The van der Waals surface area contributed by atoms with Crippen molar-refractivity contribution in [3.8, 4) is 11.1 Å². The first-order valence-corrected chi connectivity index (χ1v) is 8.85. The molecule has 26 heavy (non-hydrogen) atoms. The normalized spacial score (nSPS) is 11.8. The van der Waals surface area contributed by atoms with E-state index in [9.17, 15) is 4.79 Å². The summed E-state index contributed by atoms with van der Waals surface area (Å²) in [5.41, 5.74) is 13.6. The molecular formula is C22H25N3O. The minimum atomic E-state index is -0.226. The Morgan fingerprint density at radius 1 is 1.04 bits per heavy atom. The van der Waals surface area contributed by atoms with Crippen LogP contribution < -0.4 is 11.3 Å². The molecule has 0 saturated carbocycles. The van der Waals surface area contributed by atoms with E-state index in [1.54, 1.807) is 12.3 Å². The molecular weight excluding hydrogens is 322 g/mol. The van der Waals surface area contributed by atoms with Gasteiger partial charge in [-0.15, -0.1) is 0 Å². The van der Waals surface area contributed by atoms with Gasteiger partial charge in [0, 0.05) is 11.6 Å². The van der Waals surface area contributed by atoms with Crippen molar-refractivity contribution < 1.29 is 0 Å². The third-order valence-corrected chi connectivity index (χ3v) is 4.74. The molecule has 0 atom stereocenters. The summed E-state index contributed by atoms with van der Waals surface area (Å²) >= 11 is 0. The molecule has 0 spiro atoms. The molecule has 0 bridgehead atoms. The Hall–Kier alpha value is -2.88. The fraction of sp³-hybridized carbons (Fsp3) is 0.273. The number of nitrogens with zero attached hydrogens (tertiary/aromatic N) is 2. The van der Waals surface area contributed by atoms with Gasteiger partial charge in [-0.05, 0) is 72.2 Å². The highest BCUT2D eigenvalue weighted by Gasteiger charge is 2.15. The fourth-order valence-electron chi connectivity index (χ4n) is 3.30. The Morgan fingerprint density at radius 3 is 2.42 bits per heavy atom. The van der Waals surface area contributed by atoms with Gasteiger partial charge in [0.05, 0.1) is 6.21 Å². The van der Waals surface area contributed by atoms with Crippen LogP contribution in [0.2, 0.25) is 0 Å². The first kappa shape index (κ1) is 17.9. The number of hydrogen-bond acceptors (Lipinski definition) is 3. The summed E-state index contributed by atoms with van der Waals surface area (Å²) in [6.45, 7) is 10.5. The van der Waals surface area contributed by atoms with Crippen LogP contribution >= 0.6 is 0 Å². The second kappa shape index (κ2) is 6.79. The number of fused-ring (bicyclic) bond motifs is 1. The van der Waals surface area contributed by atoms with Gasteiger partial charge in [-0.3, -0.25) is 4.79 Å². The van der Waals surface area contributed by atoms with E-state index in [0.717, 1.165) is 16.7 Å². The van der Waals surface area contributed by atoms with Crippen molar-refractivity contribution in [2.75, 3.05) is 5.73 Å². The Kier molecular flexibility index (Phi) is 4.68. The summed E-state index contributed by atoms with van der Waals surface area (Å²) in [5, 5.41) is 4.35. The monoisotopic (exact) mass is 347 g/mol. The number of nitrogen functional groups attached to an aromatic ring is 1. The van der Waals surface area contributed by atoms with Crippen LogP contribution in [0.4, 0.5) is 5.82 Å². The lowest BCUT2D eigenvalue weighted by atomic mass is 10.0. The highest BCUT2D eigenvalue weighted by atomic mass is 16.1. The van der Waals surface area contributed by atoms with E-state index < -0.39 is 0 Å². The number of aromatic nitrogens is 1. The number of hydrogen-bond donors (Lipinski definition) is 1. The van der Waals surface area contributed by atoms with Gasteiger partial charge in [-0.1, -0.05) is 32.0 Å². The zero-order chi connectivity index (χ0) is 19.0. The second-order valence-electron chi connectivity index (χ2n) is 7.24. The Balaban J connectivity index is 2.13. The zero-order valence-corrected chi connectivity index (χ0v) is 16.0. The molecule has 0 saturated heterocycles. The van der Waals surface area contributed by atoms with Crippen LogP contribution in [-0.4, -0.2) is 10.9 Å². The summed E-state index contributed by atoms with van der Waals surface area (Å²) < 4.78 is 1.24. The predicted molar refractivity (Wildman–Crippen MR) is 109 cm³/mol. The van der Waals surface area contributed by atoms with Crippen LogP contribution in [0.3, 0.4) is 0 Å². The van der Waals surface area contributed by atoms with Gasteiger partial charge in [0.25, 0.3) is 5.56 Å². The summed E-state index contributed by atoms with van der Waals surface area (Å²) in [6, 6.07) is 12.0. The largest absolute Gasteiger partial charge is 0.384 e. The minimum Gasteiger partial charge on any atom is -0.384 e. The van der Waals surface area contributed by atoms with Gasteiger partial charge >= 0.3 is 0 Å². The van der Waals surface area contributed by atoms with Gasteiger partial charge in [0.15, 0.2) is 0 Å². The fourth-order valence-corrected chi connectivity index (χ4v) is 3.30. The molecule has 0 fully saturated rings. The van der Waals surface area contributed by atoms with E-state index in [2.05, 4.69) is 57.1 Å². The maximum atomic E-state index is 12.2. The molecule has 2 aliphatic carbocycles. The van der Waals surface area contributed by atoms with Crippen LogP contribution in [0.25, 0.3) is 11.1 Å². The van der Waals surface area contributed by atoms with E-state index >= 15 is 0 Å². The molecule has 4 heteroatoms. The molecule has 134 valence electrons. The SMILES string of the molecule is Cc1cc(N)n(/N=C\c2cc(C)c3cc(C(C)C)ccc(C)c2-3)c(=O)c1. The number of rotatable bonds is 3. The molecule has 2 aliphatic rings. The van der Waals surface area contributed by atoms with Gasteiger partial charge in [0.1, 0.15) is 5.82 Å². The molecule has 0 aliphatic heterocycles. The topological polar surface area (TPSA) is 60.4 Å². The lowest BCUT2D eigenvalue weighted by molar-refractivity contribution is 0.843. The van der Waals surface area contributed by atoms with Crippen molar-refractivity contribution in [2.24, 2.45) is 5.10 Å². The standard InChI is InChI=1S/C22H25N3O/c1-13(2)17-7-6-15(4)22-18(10-16(5)19(22)11-17)12-24-25-20(23)8-14(3)9-21(25)26/h6-13H,23H2,1-5H3/b24-12-. The van der Waals surface area contributed by atoms with E-state index in [1.165, 1.54) is 33.0 Å². The van der Waals surface area contributed by atoms with Crippen LogP contribution in [0.5, 0.6) is 0 Å². The molecule has 1 aromatic heterocycles. The summed E-state index contributed by atoms with van der Waals surface area (Å²) in [5.74, 6) is 0.797. The van der Waals surface area contributed by atoms with Crippen LogP contribution in [0.15, 0.2) is 46.3 Å². The third kappa shape index (κ3) is 3.27. The van der Waals surface area contributed by atoms with Crippen LogP contribution in [-0.2, 0) is 0 Å². The minimum absolute atomic E-state index is 0.226. The van der Waals surface area contributed by atoms with Crippen LogP contribution in [0, 0.1) is 20.8 Å². The Bertz CT molecular complexity index is 1030. The van der Waals surface area contributed by atoms with E-state index in [0.29, 0.717) is 11.7 Å². The molecule has 0 radical (unpaired) electrons.